The number of carbonyl (C=O) groups excluding carboxylic acids is 1. The molecule has 0 saturated heterocycles. The molecule has 5 heteroatoms. The van der Waals surface area contributed by atoms with E-state index in [1.54, 1.807) is 0 Å². The zero-order valence-corrected chi connectivity index (χ0v) is 12.9. The minimum atomic E-state index is -1.07. The second kappa shape index (κ2) is 13.7. The quantitative estimate of drug-likeness (QED) is 0.778. The van der Waals surface area contributed by atoms with Gasteiger partial charge in [0, 0.05) is 6.42 Å². The molecule has 0 aromatic carbocycles. The summed E-state index contributed by atoms with van der Waals surface area (Å²) in [6.45, 7) is 8.19. The molecular formula is C15H27NO4. The van der Waals surface area contributed by atoms with Crippen LogP contribution in [0.4, 0.5) is 4.79 Å². The van der Waals surface area contributed by atoms with E-state index in [0.29, 0.717) is 0 Å². The molecule has 0 atom stereocenters. The number of ether oxygens (including phenoxy) is 1. The molecule has 0 aliphatic heterocycles. The lowest BCUT2D eigenvalue weighted by Crippen LogP contribution is -2.30. The summed E-state index contributed by atoms with van der Waals surface area (Å²) in [5.74, 6) is 2.28. The Morgan fingerprint density at radius 1 is 1.40 bits per heavy atom. The molecule has 0 heterocycles. The van der Waals surface area contributed by atoms with Gasteiger partial charge < -0.3 is 15.2 Å². The van der Waals surface area contributed by atoms with E-state index >= 15 is 0 Å². The van der Waals surface area contributed by atoms with Gasteiger partial charge in [-0.2, -0.15) is 0 Å². The smallest absolute Gasteiger partial charge is 0.407 e. The number of carbonyl (C=O) groups is 2. The number of amides is 1. The van der Waals surface area contributed by atoms with Crippen LogP contribution >= 0.6 is 0 Å². The molecule has 1 fully saturated rings. The van der Waals surface area contributed by atoms with Crippen molar-refractivity contribution < 1.29 is 19.4 Å². The van der Waals surface area contributed by atoms with E-state index < -0.39 is 12.1 Å². The maximum absolute atomic E-state index is 10.6. The number of alkyl carbamates (subject to hydrolysis) is 1. The normalized spacial score (nSPS) is 12.0. The molecule has 0 bridgehead atoms. The Bertz CT molecular complexity index is 301. The Balaban J connectivity index is 0. The average molecular weight is 285 g/mol. The van der Waals surface area contributed by atoms with Crippen molar-refractivity contribution in [2.24, 2.45) is 5.92 Å². The van der Waals surface area contributed by atoms with Crippen molar-refractivity contribution in [2.75, 3.05) is 6.54 Å². The van der Waals surface area contributed by atoms with Gasteiger partial charge in [-0.3, -0.25) is 4.79 Å². The largest absolute Gasteiger partial charge is 0.480 e. The zero-order valence-electron chi connectivity index (χ0n) is 12.9. The standard InChI is InChI=1S/C6H9NO4.C5H8.C4H10/c8-5(9)3-7-6(10)11-4-1-2-4;1-3-5-4-2;1-4(2)3/h4H,1-3H2,(H,7,10)(H,8,9);1H,4-5H2,2H3;4H,1-3H3. The SMILES string of the molecule is C#CCCC.CC(C)C.O=C(O)CNC(=O)OC1CC1. The van der Waals surface area contributed by atoms with Gasteiger partial charge in [0.1, 0.15) is 12.6 Å². The van der Waals surface area contributed by atoms with Crippen LogP contribution in [0.2, 0.25) is 0 Å². The first-order valence-electron chi connectivity index (χ1n) is 6.93. The maximum atomic E-state index is 10.6. The summed E-state index contributed by atoms with van der Waals surface area (Å²) in [6.07, 6.45) is 8.07. The molecule has 20 heavy (non-hydrogen) atoms. The van der Waals surface area contributed by atoms with Gasteiger partial charge in [0.05, 0.1) is 0 Å². The molecule has 116 valence electrons. The van der Waals surface area contributed by atoms with E-state index in [2.05, 4.69) is 38.9 Å². The maximum Gasteiger partial charge on any atom is 0.407 e. The number of nitrogens with one attached hydrogen (secondary N) is 1. The molecule has 0 radical (unpaired) electrons. The van der Waals surface area contributed by atoms with Crippen LogP contribution in [0.5, 0.6) is 0 Å². The van der Waals surface area contributed by atoms with Gasteiger partial charge in [0.25, 0.3) is 0 Å². The van der Waals surface area contributed by atoms with Crippen molar-refractivity contribution in [1.29, 1.82) is 0 Å². The Morgan fingerprint density at radius 2 is 1.90 bits per heavy atom. The predicted molar refractivity (Wildman–Crippen MR) is 79.4 cm³/mol. The summed E-state index contributed by atoms with van der Waals surface area (Å²) in [5.41, 5.74) is 0. The van der Waals surface area contributed by atoms with Gasteiger partial charge in [-0.25, -0.2) is 4.79 Å². The van der Waals surface area contributed by atoms with E-state index in [1.165, 1.54) is 0 Å². The van der Waals surface area contributed by atoms with Crippen molar-refractivity contribution in [3.05, 3.63) is 0 Å². The highest BCUT2D eigenvalue weighted by atomic mass is 16.6. The van der Waals surface area contributed by atoms with E-state index in [1.807, 2.05) is 0 Å². The molecule has 0 unspecified atom stereocenters. The van der Waals surface area contributed by atoms with Gasteiger partial charge in [0.2, 0.25) is 0 Å². The number of rotatable bonds is 4. The fourth-order valence-corrected chi connectivity index (χ4v) is 0.671. The molecule has 0 spiro atoms. The highest BCUT2D eigenvalue weighted by molar-refractivity contribution is 5.76. The molecule has 5 nitrogen and oxygen atoms in total. The minimum absolute atomic E-state index is 0.0174. The molecule has 0 aromatic rings. The predicted octanol–water partition coefficient (Wildman–Crippen LogP) is 3.04. The minimum Gasteiger partial charge on any atom is -0.480 e. The van der Waals surface area contributed by atoms with Gasteiger partial charge >= 0.3 is 12.1 Å². The van der Waals surface area contributed by atoms with Crippen LogP contribution in [0.15, 0.2) is 0 Å². The van der Waals surface area contributed by atoms with Gasteiger partial charge in [-0.15, -0.1) is 12.3 Å². The van der Waals surface area contributed by atoms with Crippen LogP contribution in [0.25, 0.3) is 0 Å². The number of unbranched alkanes of at least 4 members (excludes halogenated alkanes) is 1. The fourth-order valence-electron chi connectivity index (χ4n) is 0.671. The van der Waals surface area contributed by atoms with Crippen molar-refractivity contribution in [3.8, 4) is 12.3 Å². The molecule has 1 saturated carbocycles. The topological polar surface area (TPSA) is 75.6 Å². The van der Waals surface area contributed by atoms with Crippen molar-refractivity contribution in [2.45, 2.75) is 59.5 Å². The lowest BCUT2D eigenvalue weighted by atomic mass is 10.3. The number of hydrogen-bond acceptors (Lipinski definition) is 3. The van der Waals surface area contributed by atoms with Gasteiger partial charge in [-0.1, -0.05) is 27.7 Å². The molecule has 1 rings (SSSR count). The zero-order chi connectivity index (χ0) is 16.0. The third kappa shape index (κ3) is 25.2. The molecule has 1 aliphatic rings. The van der Waals surface area contributed by atoms with Crippen molar-refractivity contribution in [3.63, 3.8) is 0 Å². The molecule has 1 aliphatic carbocycles. The van der Waals surface area contributed by atoms with Crippen LogP contribution in [0, 0.1) is 18.3 Å². The summed E-state index contributed by atoms with van der Waals surface area (Å²) in [6, 6.07) is 0. The second-order valence-corrected chi connectivity index (χ2v) is 5.04. The van der Waals surface area contributed by atoms with E-state index in [0.717, 1.165) is 31.6 Å². The summed E-state index contributed by atoms with van der Waals surface area (Å²) in [7, 11) is 0. The molecule has 2 N–H and O–H groups in total. The van der Waals surface area contributed by atoms with Crippen LogP contribution in [0.1, 0.15) is 53.4 Å². The fraction of sp³-hybridized carbons (Fsp3) is 0.733. The third-order valence-electron chi connectivity index (χ3n) is 1.58. The van der Waals surface area contributed by atoms with E-state index in [9.17, 15) is 9.59 Å². The first kappa shape index (κ1) is 20.6. The van der Waals surface area contributed by atoms with Crippen LogP contribution in [-0.4, -0.2) is 29.8 Å². The van der Waals surface area contributed by atoms with E-state index in [-0.39, 0.29) is 12.6 Å². The third-order valence-corrected chi connectivity index (χ3v) is 1.58. The number of carboxylic acid groups (broad SMARTS) is 1. The number of aliphatic carboxylic acids is 1. The van der Waals surface area contributed by atoms with Crippen molar-refractivity contribution >= 4 is 12.1 Å². The molecule has 1 amide bonds. The average Bonchev–Trinajstić information content (AvgIpc) is 3.11. The summed E-state index contributed by atoms with van der Waals surface area (Å²) in [5, 5.41) is 10.2. The lowest BCUT2D eigenvalue weighted by molar-refractivity contribution is -0.135. The first-order valence-corrected chi connectivity index (χ1v) is 6.93. The van der Waals surface area contributed by atoms with Crippen molar-refractivity contribution in [1.82, 2.24) is 5.32 Å². The van der Waals surface area contributed by atoms with Gasteiger partial charge in [-0.05, 0) is 25.2 Å². The lowest BCUT2D eigenvalue weighted by Gasteiger charge is -2.01. The Kier molecular flexibility index (Phi) is 14.1. The highest BCUT2D eigenvalue weighted by Crippen LogP contribution is 2.23. The molecular weight excluding hydrogens is 258 g/mol. The highest BCUT2D eigenvalue weighted by Gasteiger charge is 2.25. The number of terminal acetylenes is 1. The summed E-state index contributed by atoms with van der Waals surface area (Å²) in [4.78, 5) is 20.5. The summed E-state index contributed by atoms with van der Waals surface area (Å²) < 4.78 is 4.70. The van der Waals surface area contributed by atoms with Crippen LogP contribution in [0.3, 0.4) is 0 Å². The second-order valence-electron chi connectivity index (χ2n) is 5.04. The number of hydrogen-bond donors (Lipinski definition) is 2. The van der Waals surface area contributed by atoms with Gasteiger partial charge in [0.15, 0.2) is 0 Å². The Labute approximate surface area is 122 Å². The first-order chi connectivity index (χ1) is 9.33. The summed E-state index contributed by atoms with van der Waals surface area (Å²) >= 11 is 0. The number of carboxylic acids is 1. The monoisotopic (exact) mass is 285 g/mol. The molecule has 0 aromatic heterocycles. The Morgan fingerprint density at radius 3 is 2.15 bits per heavy atom. The Hall–Kier alpha value is -1.70. The van der Waals surface area contributed by atoms with E-state index in [4.69, 9.17) is 16.3 Å². The van der Waals surface area contributed by atoms with Crippen LogP contribution < -0.4 is 5.32 Å². The van der Waals surface area contributed by atoms with Crippen LogP contribution in [-0.2, 0) is 9.53 Å².